The number of hydrogen-bond acceptors (Lipinski definition) is 4. The van der Waals surface area contributed by atoms with Crippen molar-refractivity contribution >= 4 is 27.5 Å². The number of likely N-dealkylation sites (tertiary alicyclic amines) is 1. The van der Waals surface area contributed by atoms with Crippen molar-refractivity contribution in [1.29, 1.82) is 0 Å². The molecule has 0 saturated carbocycles. The van der Waals surface area contributed by atoms with E-state index in [1.165, 1.54) is 21.3 Å². The van der Waals surface area contributed by atoms with Crippen LogP contribution < -0.4 is 5.56 Å². The molecule has 26 heavy (non-hydrogen) atoms. The lowest BCUT2D eigenvalue weighted by Gasteiger charge is -2.17. The van der Waals surface area contributed by atoms with E-state index in [9.17, 15) is 9.59 Å². The Morgan fingerprint density at radius 3 is 2.81 bits per heavy atom. The van der Waals surface area contributed by atoms with Crippen molar-refractivity contribution in [2.75, 3.05) is 13.1 Å². The predicted molar refractivity (Wildman–Crippen MR) is 103 cm³/mol. The summed E-state index contributed by atoms with van der Waals surface area (Å²) in [7, 11) is 0. The fourth-order valence-electron chi connectivity index (χ4n) is 4.09. The van der Waals surface area contributed by atoms with Crippen LogP contribution in [0, 0.1) is 0 Å². The molecule has 1 aromatic carbocycles. The molecule has 5 nitrogen and oxygen atoms in total. The van der Waals surface area contributed by atoms with Crippen LogP contribution in [0.25, 0.3) is 21.3 Å². The zero-order chi connectivity index (χ0) is 17.7. The van der Waals surface area contributed by atoms with Gasteiger partial charge >= 0.3 is 0 Å². The smallest absolute Gasteiger partial charge is 0.263 e. The topological polar surface area (TPSA) is 55.2 Å². The van der Waals surface area contributed by atoms with Gasteiger partial charge in [-0.05, 0) is 36.8 Å². The van der Waals surface area contributed by atoms with Crippen molar-refractivity contribution in [1.82, 2.24) is 14.5 Å². The number of rotatable bonds is 2. The third-order valence-electron chi connectivity index (χ3n) is 5.42. The molecule has 3 heterocycles. The van der Waals surface area contributed by atoms with Crippen LogP contribution in [0.2, 0.25) is 0 Å². The molecule has 0 N–H and O–H groups in total. The highest BCUT2D eigenvalue weighted by molar-refractivity contribution is 7.19. The minimum Gasteiger partial charge on any atom is -0.341 e. The van der Waals surface area contributed by atoms with Gasteiger partial charge in [0.25, 0.3) is 5.56 Å². The highest BCUT2D eigenvalue weighted by atomic mass is 32.1. The van der Waals surface area contributed by atoms with Crippen LogP contribution in [0.1, 0.15) is 23.3 Å². The maximum Gasteiger partial charge on any atom is 0.263 e. The fraction of sp³-hybridized carbons (Fsp3) is 0.350. The highest BCUT2D eigenvalue weighted by Gasteiger charge is 2.25. The highest BCUT2D eigenvalue weighted by Crippen LogP contribution is 2.41. The number of benzene rings is 1. The molecule has 1 fully saturated rings. The molecule has 0 radical (unpaired) electrons. The third kappa shape index (κ3) is 2.40. The average Bonchev–Trinajstić information content (AvgIpc) is 3.31. The average molecular weight is 365 g/mol. The van der Waals surface area contributed by atoms with Crippen LogP contribution in [0.4, 0.5) is 0 Å². The molecule has 1 amide bonds. The zero-order valence-electron chi connectivity index (χ0n) is 14.4. The monoisotopic (exact) mass is 365 g/mol. The Kier molecular flexibility index (Phi) is 3.67. The molecular weight excluding hydrogens is 346 g/mol. The number of aromatic nitrogens is 2. The van der Waals surface area contributed by atoms with E-state index in [-0.39, 0.29) is 18.0 Å². The van der Waals surface area contributed by atoms with Gasteiger partial charge in [0, 0.05) is 23.5 Å². The van der Waals surface area contributed by atoms with Gasteiger partial charge in [0.15, 0.2) is 0 Å². The van der Waals surface area contributed by atoms with E-state index in [0.29, 0.717) is 5.39 Å². The van der Waals surface area contributed by atoms with Crippen LogP contribution in [-0.2, 0) is 24.2 Å². The van der Waals surface area contributed by atoms with Gasteiger partial charge in [-0.15, -0.1) is 11.3 Å². The molecule has 3 aromatic rings. The Labute approximate surface area is 154 Å². The van der Waals surface area contributed by atoms with Gasteiger partial charge in [-0.25, -0.2) is 4.98 Å². The maximum atomic E-state index is 13.2. The van der Waals surface area contributed by atoms with Gasteiger partial charge in [0.05, 0.1) is 11.7 Å². The normalized spacial score (nSPS) is 15.9. The maximum absolute atomic E-state index is 13.2. The standard InChI is InChI=1S/C20H19N3O2S/c24-16(22-9-3-4-10-22)11-23-12-21-19-18(20(23)25)17-14-6-2-1-5-13(14)7-8-15(17)26-19/h1-2,5-6,12H,3-4,7-11H2. The van der Waals surface area contributed by atoms with Crippen molar-refractivity contribution < 1.29 is 4.79 Å². The van der Waals surface area contributed by atoms with Crippen molar-refractivity contribution in [2.45, 2.75) is 32.2 Å². The van der Waals surface area contributed by atoms with Crippen LogP contribution in [0.15, 0.2) is 35.4 Å². The first-order valence-corrected chi connectivity index (χ1v) is 9.91. The van der Waals surface area contributed by atoms with Gasteiger partial charge in [-0.1, -0.05) is 24.3 Å². The zero-order valence-corrected chi connectivity index (χ0v) is 15.2. The van der Waals surface area contributed by atoms with E-state index in [0.717, 1.165) is 54.7 Å². The van der Waals surface area contributed by atoms with E-state index in [1.807, 2.05) is 17.0 Å². The van der Waals surface area contributed by atoms with Gasteiger partial charge in [-0.3, -0.25) is 14.2 Å². The van der Waals surface area contributed by atoms with Crippen LogP contribution in [0.3, 0.4) is 0 Å². The van der Waals surface area contributed by atoms with Crippen molar-refractivity contribution in [3.05, 3.63) is 51.4 Å². The summed E-state index contributed by atoms with van der Waals surface area (Å²) in [5, 5.41) is 0.675. The molecule has 6 heteroatoms. The number of thiophene rings is 1. The summed E-state index contributed by atoms with van der Waals surface area (Å²) in [6.45, 7) is 1.67. The second kappa shape index (κ2) is 6.06. The first-order valence-electron chi connectivity index (χ1n) is 9.09. The lowest BCUT2D eigenvalue weighted by Crippen LogP contribution is -2.34. The number of carbonyl (C=O) groups excluding carboxylic acids is 1. The quantitative estimate of drug-likeness (QED) is 0.702. The largest absolute Gasteiger partial charge is 0.341 e. The Hall–Kier alpha value is -2.47. The SMILES string of the molecule is O=C(Cn1cnc2sc3c(c2c1=O)-c1ccccc1CC3)N1CCCC1. The molecule has 0 bridgehead atoms. The molecule has 1 aliphatic carbocycles. The third-order valence-corrected chi connectivity index (χ3v) is 6.58. The summed E-state index contributed by atoms with van der Waals surface area (Å²) in [6, 6.07) is 8.28. The van der Waals surface area contributed by atoms with Crippen molar-refractivity contribution in [3.8, 4) is 11.1 Å². The number of nitrogens with zero attached hydrogens (tertiary/aromatic N) is 3. The molecule has 0 spiro atoms. The molecule has 0 unspecified atom stereocenters. The van der Waals surface area contributed by atoms with Crippen LogP contribution >= 0.6 is 11.3 Å². The minimum absolute atomic E-state index is 0.00949. The number of carbonyl (C=O) groups is 1. The summed E-state index contributed by atoms with van der Waals surface area (Å²) in [6.07, 6.45) is 5.57. The second-order valence-electron chi connectivity index (χ2n) is 7.00. The summed E-state index contributed by atoms with van der Waals surface area (Å²) in [5.41, 5.74) is 3.36. The molecule has 5 rings (SSSR count). The molecule has 1 saturated heterocycles. The van der Waals surface area contributed by atoms with E-state index >= 15 is 0 Å². The van der Waals surface area contributed by atoms with Crippen molar-refractivity contribution in [3.63, 3.8) is 0 Å². The van der Waals surface area contributed by atoms with Gasteiger partial charge in [-0.2, -0.15) is 0 Å². The fourth-order valence-corrected chi connectivity index (χ4v) is 5.23. The Bertz CT molecular complexity index is 1080. The predicted octanol–water partition coefficient (Wildman–Crippen LogP) is 2.85. The van der Waals surface area contributed by atoms with Gasteiger partial charge in [0.1, 0.15) is 11.4 Å². The summed E-state index contributed by atoms with van der Waals surface area (Å²) in [5.74, 6) is 0.00949. The minimum atomic E-state index is -0.100. The summed E-state index contributed by atoms with van der Waals surface area (Å²) in [4.78, 5) is 34.0. The summed E-state index contributed by atoms with van der Waals surface area (Å²) < 4.78 is 1.48. The van der Waals surface area contributed by atoms with Gasteiger partial charge in [0.2, 0.25) is 5.91 Å². The molecule has 2 aliphatic rings. The van der Waals surface area contributed by atoms with E-state index in [2.05, 4.69) is 17.1 Å². The van der Waals surface area contributed by atoms with Crippen LogP contribution in [0.5, 0.6) is 0 Å². The molecular formula is C20H19N3O2S. The second-order valence-corrected chi connectivity index (χ2v) is 8.09. The van der Waals surface area contributed by atoms with E-state index < -0.39 is 0 Å². The number of aryl methyl sites for hydroxylation is 2. The molecule has 0 atom stereocenters. The molecule has 1 aliphatic heterocycles. The Balaban J connectivity index is 1.63. The number of hydrogen-bond donors (Lipinski definition) is 0. The summed E-state index contributed by atoms with van der Waals surface area (Å²) >= 11 is 1.61. The lowest BCUT2D eigenvalue weighted by molar-refractivity contribution is -0.130. The van der Waals surface area contributed by atoms with E-state index in [4.69, 9.17) is 0 Å². The first-order chi connectivity index (χ1) is 12.7. The van der Waals surface area contributed by atoms with Crippen molar-refractivity contribution in [2.24, 2.45) is 0 Å². The number of amides is 1. The lowest BCUT2D eigenvalue weighted by atomic mass is 9.89. The first kappa shape index (κ1) is 15.8. The molecule has 132 valence electrons. The number of fused-ring (bicyclic) bond motifs is 5. The molecule has 2 aromatic heterocycles. The van der Waals surface area contributed by atoms with Gasteiger partial charge < -0.3 is 4.90 Å². The Morgan fingerprint density at radius 1 is 1.15 bits per heavy atom. The Morgan fingerprint density at radius 2 is 1.96 bits per heavy atom. The van der Waals surface area contributed by atoms with Crippen LogP contribution in [-0.4, -0.2) is 33.4 Å². The van der Waals surface area contributed by atoms with E-state index in [1.54, 1.807) is 11.3 Å².